The van der Waals surface area contributed by atoms with Gasteiger partial charge in [0, 0.05) is 40.9 Å². The highest BCUT2D eigenvalue weighted by Gasteiger charge is 2.34. The summed E-state index contributed by atoms with van der Waals surface area (Å²) in [6.45, 7) is 6.83. The van der Waals surface area contributed by atoms with Gasteiger partial charge < -0.3 is 15.0 Å². The maximum atomic E-state index is 14.1. The lowest BCUT2D eigenvalue weighted by Crippen LogP contribution is -2.44. The molecule has 1 atom stereocenters. The minimum Gasteiger partial charge on any atom is -0.494 e. The summed E-state index contributed by atoms with van der Waals surface area (Å²) in [6, 6.07) is 13.9. The topological polar surface area (TPSA) is 41.6 Å². The zero-order chi connectivity index (χ0) is 30.3. The van der Waals surface area contributed by atoms with E-state index in [2.05, 4.69) is 11.9 Å². The lowest BCUT2D eigenvalue weighted by atomic mass is 9.88. The number of alkyl halides is 4. The summed E-state index contributed by atoms with van der Waals surface area (Å²) in [6.07, 6.45) is 3.53. The van der Waals surface area contributed by atoms with Crippen LogP contribution in [0.2, 0.25) is 0 Å². The normalized spacial score (nSPS) is 20.6. The van der Waals surface area contributed by atoms with Gasteiger partial charge in [-0.3, -0.25) is 4.79 Å². The van der Waals surface area contributed by atoms with Gasteiger partial charge in [-0.1, -0.05) is 60.8 Å². The number of amides is 1. The van der Waals surface area contributed by atoms with Crippen LogP contribution in [0.25, 0.3) is 0 Å². The van der Waals surface area contributed by atoms with E-state index in [1.54, 1.807) is 6.08 Å². The second-order valence-electron chi connectivity index (χ2n) is 10.7. The first-order valence-corrected chi connectivity index (χ1v) is 15.7. The molecule has 1 saturated carbocycles. The van der Waals surface area contributed by atoms with E-state index in [1.807, 2.05) is 61.3 Å². The molecule has 1 fully saturated rings. The molecule has 1 unspecified atom stereocenters. The molecule has 0 heterocycles. The summed E-state index contributed by atoms with van der Waals surface area (Å²) in [5.41, 5.74) is 2.04. The van der Waals surface area contributed by atoms with Gasteiger partial charge in [-0.2, -0.15) is 13.2 Å². The maximum absolute atomic E-state index is 14.1. The molecule has 226 valence electrons. The number of allylic oxidation sites excluding steroid dienone is 4. The van der Waals surface area contributed by atoms with Crippen LogP contribution in [0.4, 0.5) is 13.2 Å². The largest absolute Gasteiger partial charge is 0.494 e. The number of halogens is 4. The molecule has 9 heteroatoms. The summed E-state index contributed by atoms with van der Waals surface area (Å²) in [5, 5.41) is 3.35. The van der Waals surface area contributed by atoms with Crippen molar-refractivity contribution in [3.63, 3.8) is 0 Å². The zero-order valence-electron chi connectivity index (χ0n) is 24.1. The Morgan fingerprint density at radius 2 is 1.88 bits per heavy atom. The number of nitrogens with zero attached hydrogens (tertiary/aromatic N) is 1. The monoisotopic (exact) mass is 618 g/mol. The van der Waals surface area contributed by atoms with Gasteiger partial charge in [0.2, 0.25) is 0 Å². The third-order valence-electron chi connectivity index (χ3n) is 7.98. The van der Waals surface area contributed by atoms with Crippen LogP contribution in [0, 0.1) is 0 Å². The second-order valence-corrected chi connectivity index (χ2v) is 12.1. The highest BCUT2D eigenvalue weighted by molar-refractivity contribution is 8.04. The van der Waals surface area contributed by atoms with E-state index in [4.69, 9.17) is 16.3 Å². The number of hydrogen-bond donors (Lipinski definition) is 1. The van der Waals surface area contributed by atoms with Crippen molar-refractivity contribution in [3.8, 4) is 5.75 Å². The van der Waals surface area contributed by atoms with E-state index in [-0.39, 0.29) is 24.3 Å². The summed E-state index contributed by atoms with van der Waals surface area (Å²) in [7, 11) is 1.97. The van der Waals surface area contributed by atoms with E-state index in [0.717, 1.165) is 53.3 Å². The molecule has 2 aliphatic carbocycles. The number of ether oxygens (including phenoxy) is 1. The van der Waals surface area contributed by atoms with Crippen molar-refractivity contribution in [3.05, 3.63) is 94.4 Å². The molecular formula is C33H38ClF3N2O2S. The summed E-state index contributed by atoms with van der Waals surface area (Å²) in [5.74, 6) is 0.668. The zero-order valence-corrected chi connectivity index (χ0v) is 25.6. The maximum Gasteiger partial charge on any atom is 0.416 e. The Bertz CT molecular complexity index is 1320. The molecule has 42 heavy (non-hydrogen) atoms. The second kappa shape index (κ2) is 14.7. The van der Waals surface area contributed by atoms with Crippen LogP contribution in [-0.2, 0) is 17.2 Å². The molecule has 1 amide bonds. The standard InChI is InChI=1S/C33H38ClF3N2O2S/c1-4-41-30-18-11-24(23-9-12-27(13-10-23)33(35,36)37)19-26(30)21-39(29-16-14-28(38-3)15-17-29)32(40)22(2)42-31-8-6-5-7-25(31)20-34/h5-9,11-13,18-19,23,28-29,38H,2,4,10,14-17,20-21H2,1,3H3. The molecule has 0 saturated heterocycles. The van der Waals surface area contributed by atoms with Gasteiger partial charge in [-0.25, -0.2) is 0 Å². The Morgan fingerprint density at radius 3 is 2.50 bits per heavy atom. The molecule has 2 aromatic carbocycles. The number of rotatable bonds is 11. The number of thioether (sulfide) groups is 1. The van der Waals surface area contributed by atoms with E-state index in [0.29, 0.717) is 35.7 Å². The predicted octanol–water partition coefficient (Wildman–Crippen LogP) is 8.52. The molecule has 0 spiro atoms. The summed E-state index contributed by atoms with van der Waals surface area (Å²) < 4.78 is 45.5. The van der Waals surface area contributed by atoms with Gasteiger partial charge in [-0.15, -0.1) is 11.6 Å². The Kier molecular flexibility index (Phi) is 11.3. The quantitative estimate of drug-likeness (QED) is 0.156. The molecule has 0 radical (unpaired) electrons. The molecule has 1 N–H and O–H groups in total. The lowest BCUT2D eigenvalue weighted by Gasteiger charge is -2.37. The highest BCUT2D eigenvalue weighted by Crippen LogP contribution is 2.37. The number of hydrogen-bond acceptors (Lipinski definition) is 4. The third-order valence-corrected chi connectivity index (χ3v) is 9.30. The van der Waals surface area contributed by atoms with Crippen molar-refractivity contribution in [1.29, 1.82) is 0 Å². The molecule has 4 nitrogen and oxygen atoms in total. The van der Waals surface area contributed by atoms with E-state index < -0.39 is 11.7 Å². The first kappa shape index (κ1) is 32.2. The van der Waals surface area contributed by atoms with Crippen molar-refractivity contribution >= 4 is 29.3 Å². The SMILES string of the molecule is C=C(Sc1ccccc1CCl)C(=O)N(Cc1cc(C2C=CC(C(F)(F)F)=CC2)ccc1OCC)C1CCC(NC)CC1. The smallest absolute Gasteiger partial charge is 0.416 e. The van der Waals surface area contributed by atoms with E-state index in [9.17, 15) is 18.0 Å². The Labute approximate surface area is 256 Å². The lowest BCUT2D eigenvalue weighted by molar-refractivity contribution is -0.130. The van der Waals surface area contributed by atoms with Crippen molar-refractivity contribution in [1.82, 2.24) is 10.2 Å². The number of nitrogens with one attached hydrogen (secondary N) is 1. The minimum atomic E-state index is -4.36. The van der Waals surface area contributed by atoms with Gasteiger partial charge in [0.05, 0.1) is 17.1 Å². The third kappa shape index (κ3) is 8.03. The fraction of sp³-hybridized carbons (Fsp3) is 0.424. The average Bonchev–Trinajstić information content (AvgIpc) is 3.00. The van der Waals surface area contributed by atoms with E-state index >= 15 is 0 Å². The molecule has 0 aliphatic heterocycles. The van der Waals surface area contributed by atoms with Crippen molar-refractivity contribution in [2.45, 2.75) is 80.5 Å². The number of benzene rings is 2. The number of carbonyl (C=O) groups excluding carboxylic acids is 1. The van der Waals surface area contributed by atoms with Gasteiger partial charge in [0.15, 0.2) is 0 Å². The number of carbonyl (C=O) groups is 1. The Morgan fingerprint density at radius 1 is 1.14 bits per heavy atom. The Hall–Kier alpha value is -2.68. The van der Waals surface area contributed by atoms with Crippen molar-refractivity contribution < 1.29 is 22.7 Å². The predicted molar refractivity (Wildman–Crippen MR) is 165 cm³/mol. The molecule has 4 rings (SSSR count). The van der Waals surface area contributed by atoms with Crippen LogP contribution in [0.15, 0.2) is 82.6 Å². The van der Waals surface area contributed by atoms with Crippen LogP contribution in [0.5, 0.6) is 5.75 Å². The van der Waals surface area contributed by atoms with Crippen LogP contribution in [0.1, 0.15) is 61.6 Å². The van der Waals surface area contributed by atoms with Crippen molar-refractivity contribution in [2.24, 2.45) is 0 Å². The molecule has 2 aromatic rings. The first-order chi connectivity index (χ1) is 20.1. The van der Waals surface area contributed by atoms with Crippen LogP contribution < -0.4 is 10.1 Å². The van der Waals surface area contributed by atoms with Gasteiger partial charge in [-0.05, 0) is 75.4 Å². The molecule has 0 bridgehead atoms. The van der Waals surface area contributed by atoms with Gasteiger partial charge in [0.1, 0.15) is 5.75 Å². The molecular weight excluding hydrogens is 581 g/mol. The highest BCUT2D eigenvalue weighted by atomic mass is 35.5. The molecule has 0 aromatic heterocycles. The average molecular weight is 619 g/mol. The van der Waals surface area contributed by atoms with E-state index in [1.165, 1.54) is 17.8 Å². The van der Waals surface area contributed by atoms with Gasteiger partial charge >= 0.3 is 6.18 Å². The van der Waals surface area contributed by atoms with Crippen LogP contribution >= 0.6 is 23.4 Å². The van der Waals surface area contributed by atoms with Crippen LogP contribution in [-0.4, -0.2) is 42.7 Å². The van der Waals surface area contributed by atoms with Crippen molar-refractivity contribution in [2.75, 3.05) is 13.7 Å². The van der Waals surface area contributed by atoms with Crippen LogP contribution in [0.3, 0.4) is 0 Å². The minimum absolute atomic E-state index is 0.0210. The first-order valence-electron chi connectivity index (χ1n) is 14.3. The molecule has 2 aliphatic rings. The summed E-state index contributed by atoms with van der Waals surface area (Å²) >= 11 is 7.48. The fourth-order valence-electron chi connectivity index (χ4n) is 5.60. The van der Waals surface area contributed by atoms with Gasteiger partial charge in [0.25, 0.3) is 5.91 Å². The fourth-order valence-corrected chi connectivity index (χ4v) is 6.80. The summed E-state index contributed by atoms with van der Waals surface area (Å²) in [4.78, 5) is 17.3. The Balaban J connectivity index is 1.62.